The molecule has 0 saturated heterocycles. The van der Waals surface area contributed by atoms with Gasteiger partial charge in [0.15, 0.2) is 11.5 Å². The number of hydrogen-bond donors (Lipinski definition) is 0. The maximum atomic E-state index is 12.8. The smallest absolute Gasteiger partial charge is 0.282 e. The Morgan fingerprint density at radius 3 is 1.92 bits per heavy atom. The Labute approximate surface area is 151 Å². The number of hydrogen-bond acceptors (Lipinski definition) is 5. The van der Waals surface area contributed by atoms with E-state index in [2.05, 4.69) is 0 Å². The van der Waals surface area contributed by atoms with Crippen molar-refractivity contribution in [2.24, 2.45) is 0 Å². The molecule has 8 heteroatoms. The lowest BCUT2D eigenvalue weighted by Gasteiger charge is -2.27. The molecule has 1 rings (SSSR count). The summed E-state index contributed by atoms with van der Waals surface area (Å²) in [4.78, 5) is 0. The summed E-state index contributed by atoms with van der Waals surface area (Å²) in [6, 6.07) is 3.53. The number of rotatable bonds is 11. The van der Waals surface area contributed by atoms with Crippen LogP contribution in [-0.4, -0.2) is 58.5 Å². The molecule has 0 saturated carbocycles. The Hall–Kier alpha value is -1.51. The molecule has 25 heavy (non-hydrogen) atoms. The molecule has 144 valence electrons. The van der Waals surface area contributed by atoms with Gasteiger partial charge in [-0.05, 0) is 18.9 Å². The molecule has 7 nitrogen and oxygen atoms in total. The quantitative estimate of drug-likeness (QED) is 0.595. The van der Waals surface area contributed by atoms with Gasteiger partial charge in [0.1, 0.15) is 0 Å². The topological polar surface area (TPSA) is 68.3 Å². The van der Waals surface area contributed by atoms with Gasteiger partial charge >= 0.3 is 0 Å². The molecule has 0 atom stereocenters. The fourth-order valence-corrected chi connectivity index (χ4v) is 4.17. The Morgan fingerprint density at radius 1 is 0.920 bits per heavy atom. The van der Waals surface area contributed by atoms with Crippen LogP contribution < -0.4 is 14.2 Å². The number of nitrogens with zero attached hydrogens (tertiary/aromatic N) is 2. The van der Waals surface area contributed by atoms with Crippen LogP contribution in [0.3, 0.4) is 0 Å². The van der Waals surface area contributed by atoms with Gasteiger partial charge in [-0.3, -0.25) is 0 Å². The minimum Gasteiger partial charge on any atom is -0.493 e. The highest BCUT2D eigenvalue weighted by Gasteiger charge is 2.27. The summed E-state index contributed by atoms with van der Waals surface area (Å²) in [6.45, 7) is 5.12. The van der Waals surface area contributed by atoms with E-state index in [4.69, 9.17) is 14.2 Å². The van der Waals surface area contributed by atoms with Gasteiger partial charge in [-0.2, -0.15) is 17.0 Å². The number of methoxy groups -OCH3 is 3. The van der Waals surface area contributed by atoms with E-state index >= 15 is 0 Å². The second-order valence-electron chi connectivity index (χ2n) is 5.66. The highest BCUT2D eigenvalue weighted by Crippen LogP contribution is 2.40. The monoisotopic (exact) mass is 374 g/mol. The standard InChI is InChI=1S/C17H30N2O5S/c1-7-11-19(12-8-2)25(20,21)18(3)13-14-9-10-15(22-4)17(24-6)16(14)23-5/h9-10H,7-8,11-13H2,1-6H3. The molecule has 0 bridgehead atoms. The lowest BCUT2D eigenvalue weighted by molar-refractivity contribution is 0.317. The molecule has 0 aliphatic rings. The first-order chi connectivity index (χ1) is 11.9. The van der Waals surface area contributed by atoms with Gasteiger partial charge < -0.3 is 14.2 Å². The van der Waals surface area contributed by atoms with Crippen LogP contribution in [0.4, 0.5) is 0 Å². The van der Waals surface area contributed by atoms with Crippen LogP contribution >= 0.6 is 0 Å². The van der Waals surface area contributed by atoms with Crippen molar-refractivity contribution in [1.29, 1.82) is 0 Å². The van der Waals surface area contributed by atoms with Crippen LogP contribution in [0, 0.1) is 0 Å². The molecule has 0 fully saturated rings. The third-order valence-electron chi connectivity index (χ3n) is 3.84. The Bertz CT molecular complexity index is 643. The first-order valence-electron chi connectivity index (χ1n) is 8.36. The van der Waals surface area contributed by atoms with Crippen molar-refractivity contribution in [2.75, 3.05) is 41.5 Å². The van der Waals surface area contributed by atoms with Crippen LogP contribution in [0.2, 0.25) is 0 Å². The van der Waals surface area contributed by atoms with Gasteiger partial charge in [0.25, 0.3) is 10.2 Å². The van der Waals surface area contributed by atoms with Crippen LogP contribution in [-0.2, 0) is 16.8 Å². The average molecular weight is 375 g/mol. The maximum Gasteiger partial charge on any atom is 0.282 e. The largest absolute Gasteiger partial charge is 0.493 e. The molecule has 0 aromatic heterocycles. The first kappa shape index (κ1) is 21.5. The van der Waals surface area contributed by atoms with E-state index in [-0.39, 0.29) is 6.54 Å². The van der Waals surface area contributed by atoms with E-state index < -0.39 is 10.2 Å². The van der Waals surface area contributed by atoms with Gasteiger partial charge in [-0.1, -0.05) is 19.9 Å². The van der Waals surface area contributed by atoms with E-state index in [0.29, 0.717) is 35.9 Å². The van der Waals surface area contributed by atoms with Crippen molar-refractivity contribution in [3.05, 3.63) is 17.7 Å². The van der Waals surface area contributed by atoms with Crippen molar-refractivity contribution in [3.8, 4) is 17.2 Å². The molecular weight excluding hydrogens is 344 g/mol. The molecule has 0 aliphatic heterocycles. The first-order valence-corrected chi connectivity index (χ1v) is 9.76. The Morgan fingerprint density at radius 2 is 1.48 bits per heavy atom. The fourth-order valence-electron chi connectivity index (χ4n) is 2.65. The zero-order chi connectivity index (χ0) is 19.0. The average Bonchev–Trinajstić information content (AvgIpc) is 2.60. The molecule has 0 spiro atoms. The van der Waals surface area contributed by atoms with Crippen molar-refractivity contribution >= 4 is 10.2 Å². The highest BCUT2D eigenvalue weighted by molar-refractivity contribution is 7.86. The van der Waals surface area contributed by atoms with Crippen LogP contribution in [0.25, 0.3) is 0 Å². The number of benzene rings is 1. The summed E-state index contributed by atoms with van der Waals surface area (Å²) in [5.74, 6) is 1.46. The number of ether oxygens (including phenoxy) is 3. The molecule has 0 radical (unpaired) electrons. The summed E-state index contributed by atoms with van der Waals surface area (Å²) in [5.41, 5.74) is 0.708. The lowest BCUT2D eigenvalue weighted by atomic mass is 10.1. The van der Waals surface area contributed by atoms with Crippen LogP contribution in [0.5, 0.6) is 17.2 Å². The summed E-state index contributed by atoms with van der Waals surface area (Å²) in [6.07, 6.45) is 1.54. The molecule has 0 aliphatic carbocycles. The third kappa shape index (κ3) is 4.99. The van der Waals surface area contributed by atoms with E-state index in [1.165, 1.54) is 22.8 Å². The molecule has 1 aromatic rings. The summed E-state index contributed by atoms with van der Waals surface area (Å²) < 4.78 is 44.6. The van der Waals surface area contributed by atoms with Gasteiger partial charge in [0, 0.05) is 32.2 Å². The predicted molar refractivity (Wildman–Crippen MR) is 98.6 cm³/mol. The molecule has 0 amide bonds. The van der Waals surface area contributed by atoms with E-state index in [9.17, 15) is 8.42 Å². The lowest BCUT2D eigenvalue weighted by Crippen LogP contribution is -2.42. The summed E-state index contributed by atoms with van der Waals surface area (Å²) >= 11 is 0. The third-order valence-corrected chi connectivity index (χ3v) is 5.78. The van der Waals surface area contributed by atoms with E-state index in [1.54, 1.807) is 26.3 Å². The minimum atomic E-state index is -3.54. The Balaban J connectivity index is 3.16. The van der Waals surface area contributed by atoms with E-state index in [0.717, 1.165) is 12.8 Å². The Kier molecular flexibility index (Phi) is 8.47. The van der Waals surface area contributed by atoms with Crippen molar-refractivity contribution in [3.63, 3.8) is 0 Å². The second-order valence-corrected chi connectivity index (χ2v) is 7.69. The van der Waals surface area contributed by atoms with Crippen LogP contribution in [0.15, 0.2) is 12.1 Å². The minimum absolute atomic E-state index is 0.176. The normalized spacial score (nSPS) is 11.8. The summed E-state index contributed by atoms with van der Waals surface area (Å²) in [7, 11) is 2.62. The maximum absolute atomic E-state index is 12.8. The molecule has 0 heterocycles. The molecule has 1 aromatic carbocycles. The summed E-state index contributed by atoms with van der Waals surface area (Å²) in [5, 5.41) is 0. The van der Waals surface area contributed by atoms with E-state index in [1.807, 2.05) is 13.8 Å². The zero-order valence-electron chi connectivity index (χ0n) is 16.0. The van der Waals surface area contributed by atoms with Gasteiger partial charge in [-0.25, -0.2) is 0 Å². The molecular formula is C17H30N2O5S. The van der Waals surface area contributed by atoms with Crippen molar-refractivity contribution in [1.82, 2.24) is 8.61 Å². The molecule has 0 unspecified atom stereocenters. The second kappa shape index (κ2) is 9.84. The highest BCUT2D eigenvalue weighted by atomic mass is 32.2. The van der Waals surface area contributed by atoms with Crippen molar-refractivity contribution < 1.29 is 22.6 Å². The van der Waals surface area contributed by atoms with Gasteiger partial charge in [0.2, 0.25) is 5.75 Å². The zero-order valence-corrected chi connectivity index (χ0v) is 16.9. The van der Waals surface area contributed by atoms with Gasteiger partial charge in [0.05, 0.1) is 21.3 Å². The SMILES string of the molecule is CCCN(CCC)S(=O)(=O)N(C)Cc1ccc(OC)c(OC)c1OC. The fraction of sp³-hybridized carbons (Fsp3) is 0.647. The molecule has 0 N–H and O–H groups in total. The predicted octanol–water partition coefficient (Wildman–Crippen LogP) is 2.51. The van der Waals surface area contributed by atoms with Crippen LogP contribution in [0.1, 0.15) is 32.3 Å². The van der Waals surface area contributed by atoms with Crippen molar-refractivity contribution in [2.45, 2.75) is 33.2 Å². The van der Waals surface area contributed by atoms with Gasteiger partial charge in [-0.15, -0.1) is 0 Å².